The molecular weight excluding hydrogens is 536 g/mol. The molecule has 0 saturated carbocycles. The summed E-state index contributed by atoms with van der Waals surface area (Å²) in [6.07, 6.45) is -0.191. The van der Waals surface area contributed by atoms with E-state index < -0.39 is 0 Å². The Bertz CT molecular complexity index is 1190. The number of benzene rings is 3. The van der Waals surface area contributed by atoms with E-state index in [1.807, 2.05) is 65.6 Å². The van der Waals surface area contributed by atoms with Crippen molar-refractivity contribution >= 4 is 27.8 Å². The highest BCUT2D eigenvalue weighted by atomic mass is 79.9. The van der Waals surface area contributed by atoms with E-state index in [0.717, 1.165) is 34.4 Å². The van der Waals surface area contributed by atoms with Gasteiger partial charge in [-0.05, 0) is 59.7 Å². The second-order valence-electron chi connectivity index (χ2n) is 8.86. The van der Waals surface area contributed by atoms with Gasteiger partial charge in [-0.3, -0.25) is 9.69 Å². The van der Waals surface area contributed by atoms with Crippen molar-refractivity contribution in [1.82, 2.24) is 9.80 Å². The van der Waals surface area contributed by atoms with Crippen LogP contribution in [0.3, 0.4) is 0 Å². The van der Waals surface area contributed by atoms with E-state index in [2.05, 4.69) is 20.8 Å². The molecule has 37 heavy (non-hydrogen) atoms. The number of methoxy groups -OCH3 is 2. The minimum atomic E-state index is -0.362. The zero-order valence-electron chi connectivity index (χ0n) is 21.1. The van der Waals surface area contributed by atoms with Gasteiger partial charge in [0.15, 0.2) is 0 Å². The van der Waals surface area contributed by atoms with Gasteiger partial charge in [0.05, 0.1) is 32.5 Å². The van der Waals surface area contributed by atoms with Crippen molar-refractivity contribution in [1.29, 1.82) is 0 Å². The molecule has 1 atom stereocenters. The average Bonchev–Trinajstić information content (AvgIpc) is 2.95. The Kier molecular flexibility index (Phi) is 9.33. The Hall–Kier alpha value is -3.20. The number of amides is 1. The van der Waals surface area contributed by atoms with Gasteiger partial charge in [0, 0.05) is 42.8 Å². The Labute approximate surface area is 226 Å². The van der Waals surface area contributed by atoms with Crippen molar-refractivity contribution < 1.29 is 23.8 Å². The van der Waals surface area contributed by atoms with Crippen LogP contribution in [0.25, 0.3) is 0 Å². The average molecular weight is 567 g/mol. The third-order valence-electron chi connectivity index (χ3n) is 6.47. The lowest BCUT2D eigenvalue weighted by molar-refractivity contribution is 0.00331. The minimum Gasteiger partial charge on any atom is -0.497 e. The molecule has 1 heterocycles. The molecular formula is C29H31BrN2O5. The van der Waals surface area contributed by atoms with Gasteiger partial charge in [0.1, 0.15) is 5.75 Å². The number of carbonyl (C=O) groups is 2. The first-order chi connectivity index (χ1) is 18.0. The van der Waals surface area contributed by atoms with E-state index in [9.17, 15) is 9.59 Å². The molecule has 1 fully saturated rings. The summed E-state index contributed by atoms with van der Waals surface area (Å²) < 4.78 is 17.6. The lowest BCUT2D eigenvalue weighted by Crippen LogP contribution is -2.49. The van der Waals surface area contributed by atoms with E-state index in [1.54, 1.807) is 19.2 Å². The summed E-state index contributed by atoms with van der Waals surface area (Å²) in [6.45, 7) is 3.93. The molecule has 1 aliphatic heterocycles. The van der Waals surface area contributed by atoms with Gasteiger partial charge in [-0.1, -0.05) is 40.2 Å². The fraction of sp³-hybridized carbons (Fsp3) is 0.310. The quantitative estimate of drug-likeness (QED) is 0.341. The van der Waals surface area contributed by atoms with Gasteiger partial charge in [0.25, 0.3) is 5.91 Å². The fourth-order valence-corrected chi connectivity index (χ4v) is 4.56. The number of ether oxygens (including phenoxy) is 3. The SMILES string of the molecule is COC(=O)c1ccc(CO[C@@H](CN2CCN(C(=O)c3ccc(Br)cc3)CC2)c2cccc(OC)c2)cc1. The lowest BCUT2D eigenvalue weighted by Gasteiger charge is -2.36. The maximum absolute atomic E-state index is 12.9. The molecule has 0 aromatic heterocycles. The largest absolute Gasteiger partial charge is 0.497 e. The predicted molar refractivity (Wildman–Crippen MR) is 145 cm³/mol. The minimum absolute atomic E-state index is 0.0585. The number of halogens is 1. The van der Waals surface area contributed by atoms with E-state index >= 15 is 0 Å². The normalized spacial score (nSPS) is 14.7. The smallest absolute Gasteiger partial charge is 0.337 e. The van der Waals surface area contributed by atoms with Gasteiger partial charge < -0.3 is 19.1 Å². The molecule has 3 aromatic carbocycles. The standard InChI is InChI=1S/C29H31BrN2O5/c1-35-26-5-3-4-24(18-26)27(37-20-21-6-8-23(9-7-21)29(34)36-2)19-31-14-16-32(17-15-31)28(33)22-10-12-25(30)13-11-22/h3-13,18,27H,14-17,19-20H2,1-2H3/t27-/m0/s1. The second kappa shape index (κ2) is 12.9. The van der Waals surface area contributed by atoms with Crippen LogP contribution in [0.5, 0.6) is 5.75 Å². The third-order valence-corrected chi connectivity index (χ3v) is 7.00. The van der Waals surface area contributed by atoms with E-state index in [4.69, 9.17) is 14.2 Å². The number of rotatable bonds is 9. The molecule has 1 aliphatic rings. The van der Waals surface area contributed by atoms with Crippen molar-refractivity contribution in [3.63, 3.8) is 0 Å². The summed E-state index contributed by atoms with van der Waals surface area (Å²) >= 11 is 3.42. The number of hydrogen-bond acceptors (Lipinski definition) is 6. The lowest BCUT2D eigenvalue weighted by atomic mass is 10.1. The molecule has 4 rings (SSSR count). The van der Waals surface area contributed by atoms with Crippen molar-refractivity contribution in [3.05, 3.63) is 99.5 Å². The van der Waals surface area contributed by atoms with Gasteiger partial charge in [-0.15, -0.1) is 0 Å². The van der Waals surface area contributed by atoms with Crippen LogP contribution in [-0.4, -0.2) is 68.6 Å². The number of esters is 1. The number of carbonyl (C=O) groups excluding carboxylic acids is 2. The molecule has 3 aromatic rings. The van der Waals surface area contributed by atoms with Gasteiger partial charge in [-0.2, -0.15) is 0 Å². The molecule has 0 spiro atoms. The van der Waals surface area contributed by atoms with Crippen LogP contribution in [-0.2, 0) is 16.1 Å². The molecule has 1 amide bonds. The fourth-order valence-electron chi connectivity index (χ4n) is 4.29. The molecule has 1 saturated heterocycles. The highest BCUT2D eigenvalue weighted by molar-refractivity contribution is 9.10. The van der Waals surface area contributed by atoms with E-state index in [-0.39, 0.29) is 18.0 Å². The predicted octanol–water partition coefficient (Wildman–Crippen LogP) is 4.96. The molecule has 0 aliphatic carbocycles. The van der Waals surface area contributed by atoms with Crippen molar-refractivity contribution in [2.75, 3.05) is 46.9 Å². The van der Waals surface area contributed by atoms with Crippen LogP contribution in [0.4, 0.5) is 0 Å². The maximum atomic E-state index is 12.9. The Morgan fingerprint density at radius 3 is 2.22 bits per heavy atom. The van der Waals surface area contributed by atoms with Crippen LogP contribution < -0.4 is 4.74 Å². The van der Waals surface area contributed by atoms with Crippen LogP contribution in [0.1, 0.15) is 37.9 Å². The van der Waals surface area contributed by atoms with Crippen molar-refractivity contribution in [2.45, 2.75) is 12.7 Å². The maximum Gasteiger partial charge on any atom is 0.337 e. The van der Waals surface area contributed by atoms with Crippen LogP contribution in [0.2, 0.25) is 0 Å². The molecule has 0 bridgehead atoms. The second-order valence-corrected chi connectivity index (χ2v) is 9.78. The summed E-state index contributed by atoms with van der Waals surface area (Å²) in [5.41, 5.74) is 3.20. The summed E-state index contributed by atoms with van der Waals surface area (Å²) in [4.78, 5) is 28.9. The first-order valence-corrected chi connectivity index (χ1v) is 13.0. The molecule has 0 radical (unpaired) electrons. The monoisotopic (exact) mass is 566 g/mol. The van der Waals surface area contributed by atoms with Crippen molar-refractivity contribution in [3.8, 4) is 5.75 Å². The molecule has 0 unspecified atom stereocenters. The molecule has 0 N–H and O–H groups in total. The Balaban J connectivity index is 1.40. The molecule has 8 heteroatoms. The van der Waals surface area contributed by atoms with E-state index in [1.165, 1.54) is 7.11 Å². The van der Waals surface area contributed by atoms with Gasteiger partial charge in [0.2, 0.25) is 0 Å². The van der Waals surface area contributed by atoms with Crippen molar-refractivity contribution in [2.24, 2.45) is 0 Å². The highest BCUT2D eigenvalue weighted by Gasteiger charge is 2.25. The zero-order valence-corrected chi connectivity index (χ0v) is 22.6. The highest BCUT2D eigenvalue weighted by Crippen LogP contribution is 2.25. The topological polar surface area (TPSA) is 68.3 Å². The van der Waals surface area contributed by atoms with Crippen LogP contribution in [0.15, 0.2) is 77.3 Å². The summed E-state index contributed by atoms with van der Waals surface area (Å²) in [6, 6.07) is 22.6. The van der Waals surface area contributed by atoms with Crippen LogP contribution in [0, 0.1) is 0 Å². The van der Waals surface area contributed by atoms with Gasteiger partial charge in [-0.25, -0.2) is 4.79 Å². The van der Waals surface area contributed by atoms with E-state index in [0.29, 0.717) is 37.4 Å². The number of nitrogens with zero attached hydrogens (tertiary/aromatic N) is 2. The number of hydrogen-bond donors (Lipinski definition) is 0. The van der Waals surface area contributed by atoms with Crippen LogP contribution >= 0.6 is 15.9 Å². The summed E-state index contributed by atoms with van der Waals surface area (Å²) in [5.74, 6) is 0.473. The Morgan fingerprint density at radius 1 is 0.892 bits per heavy atom. The molecule has 194 valence electrons. The third kappa shape index (κ3) is 7.19. The summed E-state index contributed by atoms with van der Waals surface area (Å²) in [5, 5.41) is 0. The molecule has 7 nitrogen and oxygen atoms in total. The zero-order chi connectivity index (χ0) is 26.2. The first-order valence-electron chi connectivity index (χ1n) is 12.2. The number of piperazine rings is 1. The Morgan fingerprint density at radius 2 is 1.57 bits per heavy atom. The van der Waals surface area contributed by atoms with Gasteiger partial charge >= 0.3 is 5.97 Å². The summed E-state index contributed by atoms with van der Waals surface area (Å²) in [7, 11) is 3.02. The first kappa shape index (κ1) is 26.9.